The lowest BCUT2D eigenvalue weighted by Gasteiger charge is -2.25. The van der Waals surface area contributed by atoms with Crippen molar-refractivity contribution in [3.8, 4) is 5.75 Å². The van der Waals surface area contributed by atoms with Gasteiger partial charge in [0.05, 0.1) is 12.8 Å². The fraction of sp³-hybridized carbons (Fsp3) is 0.214. The van der Waals surface area contributed by atoms with Crippen molar-refractivity contribution in [3.63, 3.8) is 0 Å². The number of amides is 2. The Morgan fingerprint density at radius 1 is 1.12 bits per heavy atom. The molecule has 0 radical (unpaired) electrons. The topological polar surface area (TPSA) is 108 Å². The number of hydrogen-bond acceptors (Lipinski definition) is 7. The van der Waals surface area contributed by atoms with Gasteiger partial charge in [-0.15, -0.1) is 0 Å². The van der Waals surface area contributed by atoms with Gasteiger partial charge in [0.1, 0.15) is 17.1 Å². The molecule has 0 fully saturated rings. The predicted octanol–water partition coefficient (Wildman–Crippen LogP) is 5.75. The van der Waals surface area contributed by atoms with Crippen molar-refractivity contribution in [1.29, 1.82) is 0 Å². The molecule has 40 heavy (non-hydrogen) atoms. The zero-order valence-corrected chi connectivity index (χ0v) is 21.8. The van der Waals surface area contributed by atoms with Crippen molar-refractivity contribution in [2.24, 2.45) is 0 Å². The second-order valence-electron chi connectivity index (χ2n) is 8.84. The van der Waals surface area contributed by atoms with Gasteiger partial charge in [-0.2, -0.15) is 18.2 Å². The van der Waals surface area contributed by atoms with Gasteiger partial charge in [0.15, 0.2) is 0 Å². The van der Waals surface area contributed by atoms with E-state index in [0.717, 1.165) is 17.2 Å². The van der Waals surface area contributed by atoms with Crippen LogP contribution >= 0.6 is 0 Å². The van der Waals surface area contributed by atoms with E-state index in [1.165, 1.54) is 26.2 Å². The van der Waals surface area contributed by atoms with Crippen LogP contribution in [0.1, 0.15) is 24.5 Å². The molecular formula is C28H27F3N6O3. The van der Waals surface area contributed by atoms with Gasteiger partial charge in [-0.25, -0.2) is 4.98 Å². The summed E-state index contributed by atoms with van der Waals surface area (Å²) in [6.07, 6.45) is -0.276. The molecule has 0 bridgehead atoms. The first-order valence-electron chi connectivity index (χ1n) is 12.2. The number of carbonyl (C=O) groups excluding carboxylic acids is 2. The molecule has 2 heterocycles. The Labute approximate surface area is 228 Å². The number of ether oxygens (including phenoxy) is 1. The molecule has 0 spiro atoms. The minimum Gasteiger partial charge on any atom is -0.495 e. The maximum atomic E-state index is 13.8. The first kappa shape index (κ1) is 28.1. The summed E-state index contributed by atoms with van der Waals surface area (Å²) >= 11 is 0. The summed E-state index contributed by atoms with van der Waals surface area (Å²) in [4.78, 5) is 32.9. The van der Waals surface area contributed by atoms with Crippen LogP contribution in [0.2, 0.25) is 0 Å². The minimum absolute atomic E-state index is 0.0185. The average Bonchev–Trinajstić information content (AvgIpc) is 2.93. The van der Waals surface area contributed by atoms with E-state index in [9.17, 15) is 22.8 Å². The third-order valence-corrected chi connectivity index (χ3v) is 6.15. The standard InChI is InChI=1S/C28H27F3N6O3/c1-4-25(39)33-20-6-5-7-21(15-20)34-26-22(28(29,30)31)16-32-27(36-26)35-23-9-8-19(14-24(23)40-3)18-10-12-37(13-11-18)17(2)38/h4-10,14-16H,1,11-13H2,2-3H3,(H,33,39)(H2,32,34,35,36). The fourth-order valence-corrected chi connectivity index (χ4v) is 4.08. The molecule has 208 valence electrons. The third kappa shape index (κ3) is 6.76. The Kier molecular flexibility index (Phi) is 8.37. The van der Waals surface area contributed by atoms with Gasteiger partial charge in [-0.1, -0.05) is 24.8 Å². The van der Waals surface area contributed by atoms with Crippen LogP contribution in [-0.4, -0.2) is 46.9 Å². The molecule has 9 nitrogen and oxygen atoms in total. The van der Waals surface area contributed by atoms with Gasteiger partial charge in [0, 0.05) is 37.6 Å². The number of aromatic nitrogens is 2. The summed E-state index contributed by atoms with van der Waals surface area (Å²) < 4.78 is 46.8. The summed E-state index contributed by atoms with van der Waals surface area (Å²) in [5, 5.41) is 8.16. The molecule has 3 N–H and O–H groups in total. The van der Waals surface area contributed by atoms with E-state index in [1.54, 1.807) is 23.1 Å². The highest BCUT2D eigenvalue weighted by Gasteiger charge is 2.35. The molecule has 2 aromatic carbocycles. The predicted molar refractivity (Wildman–Crippen MR) is 147 cm³/mol. The van der Waals surface area contributed by atoms with Gasteiger partial charge in [0.2, 0.25) is 17.8 Å². The van der Waals surface area contributed by atoms with Crippen molar-refractivity contribution < 1.29 is 27.5 Å². The summed E-state index contributed by atoms with van der Waals surface area (Å²) in [6, 6.07) is 11.6. The highest BCUT2D eigenvalue weighted by Crippen LogP contribution is 2.37. The molecule has 1 aliphatic heterocycles. The molecular weight excluding hydrogens is 525 g/mol. The fourth-order valence-electron chi connectivity index (χ4n) is 4.08. The normalized spacial score (nSPS) is 13.2. The Morgan fingerprint density at radius 3 is 2.55 bits per heavy atom. The van der Waals surface area contributed by atoms with Crippen LogP contribution in [0.4, 0.5) is 42.0 Å². The monoisotopic (exact) mass is 552 g/mol. The lowest BCUT2D eigenvalue weighted by atomic mass is 9.99. The SMILES string of the molecule is C=CC(=O)Nc1cccc(Nc2nc(Nc3ccc(C4=CCN(C(C)=O)CC4)cc3OC)ncc2C(F)(F)F)c1. The minimum atomic E-state index is -4.72. The third-order valence-electron chi connectivity index (χ3n) is 6.15. The van der Waals surface area contributed by atoms with Crippen molar-refractivity contribution in [2.45, 2.75) is 19.5 Å². The maximum absolute atomic E-state index is 13.8. The maximum Gasteiger partial charge on any atom is 0.421 e. The number of alkyl halides is 3. The summed E-state index contributed by atoms with van der Waals surface area (Å²) in [5.41, 5.74) is 1.99. The van der Waals surface area contributed by atoms with E-state index in [0.29, 0.717) is 42.8 Å². The number of nitrogens with one attached hydrogen (secondary N) is 3. The average molecular weight is 553 g/mol. The molecule has 1 aromatic heterocycles. The number of hydrogen-bond donors (Lipinski definition) is 3. The van der Waals surface area contributed by atoms with E-state index < -0.39 is 23.5 Å². The lowest BCUT2D eigenvalue weighted by molar-refractivity contribution is -0.137. The lowest BCUT2D eigenvalue weighted by Crippen LogP contribution is -2.32. The van der Waals surface area contributed by atoms with Crippen LogP contribution in [0.3, 0.4) is 0 Å². The first-order chi connectivity index (χ1) is 19.1. The van der Waals surface area contributed by atoms with Crippen LogP contribution in [0.5, 0.6) is 5.75 Å². The number of methoxy groups -OCH3 is 1. The van der Waals surface area contributed by atoms with Crippen molar-refractivity contribution in [3.05, 3.63) is 78.5 Å². The molecule has 0 saturated heterocycles. The van der Waals surface area contributed by atoms with E-state index in [1.807, 2.05) is 18.2 Å². The smallest absolute Gasteiger partial charge is 0.421 e. The van der Waals surface area contributed by atoms with Crippen molar-refractivity contribution in [2.75, 3.05) is 36.1 Å². The zero-order chi connectivity index (χ0) is 28.9. The van der Waals surface area contributed by atoms with E-state index in [4.69, 9.17) is 4.74 Å². The molecule has 0 aliphatic carbocycles. The quantitative estimate of drug-likeness (QED) is 0.305. The van der Waals surface area contributed by atoms with E-state index >= 15 is 0 Å². The molecule has 1 aliphatic rings. The number of benzene rings is 2. The van der Waals surface area contributed by atoms with Crippen LogP contribution in [-0.2, 0) is 15.8 Å². The first-order valence-corrected chi connectivity index (χ1v) is 12.2. The number of halogens is 3. The highest BCUT2D eigenvalue weighted by atomic mass is 19.4. The largest absolute Gasteiger partial charge is 0.495 e. The molecule has 12 heteroatoms. The van der Waals surface area contributed by atoms with E-state index in [2.05, 4.69) is 32.5 Å². The van der Waals surface area contributed by atoms with Gasteiger partial charge in [0.25, 0.3) is 0 Å². The summed E-state index contributed by atoms with van der Waals surface area (Å²) in [7, 11) is 1.48. The number of carbonyl (C=O) groups is 2. The Hall–Kier alpha value is -4.87. The Balaban J connectivity index is 1.60. The van der Waals surface area contributed by atoms with Crippen LogP contribution in [0, 0.1) is 0 Å². The molecule has 0 atom stereocenters. The Bertz CT molecular complexity index is 1470. The van der Waals surface area contributed by atoms with Crippen LogP contribution in [0.15, 0.2) is 67.4 Å². The Morgan fingerprint density at radius 2 is 1.90 bits per heavy atom. The van der Waals surface area contributed by atoms with Crippen molar-refractivity contribution in [1.82, 2.24) is 14.9 Å². The number of anilines is 5. The van der Waals surface area contributed by atoms with Gasteiger partial charge in [-0.05, 0) is 54.0 Å². The molecule has 2 amide bonds. The number of rotatable bonds is 8. The zero-order valence-electron chi connectivity index (χ0n) is 21.8. The van der Waals surface area contributed by atoms with Crippen LogP contribution in [0.25, 0.3) is 5.57 Å². The number of nitrogens with zero attached hydrogens (tertiary/aromatic N) is 3. The van der Waals surface area contributed by atoms with Crippen molar-refractivity contribution >= 4 is 46.2 Å². The van der Waals surface area contributed by atoms with E-state index in [-0.39, 0.29) is 17.5 Å². The van der Waals surface area contributed by atoms with Gasteiger partial charge >= 0.3 is 6.18 Å². The molecule has 4 rings (SSSR count). The molecule has 3 aromatic rings. The highest BCUT2D eigenvalue weighted by molar-refractivity contribution is 5.99. The van der Waals surface area contributed by atoms with Gasteiger partial charge in [-0.3, -0.25) is 9.59 Å². The molecule has 0 saturated carbocycles. The van der Waals surface area contributed by atoms with Crippen LogP contribution < -0.4 is 20.7 Å². The molecule has 0 unspecified atom stereocenters. The summed E-state index contributed by atoms with van der Waals surface area (Å²) in [5.74, 6) is -0.567. The van der Waals surface area contributed by atoms with Gasteiger partial charge < -0.3 is 25.6 Å². The summed E-state index contributed by atoms with van der Waals surface area (Å²) in [6.45, 7) is 6.05. The second kappa shape index (κ2) is 11.9. The second-order valence-corrected chi connectivity index (χ2v) is 8.84.